The molecule has 3 aromatic carbocycles. The van der Waals surface area contributed by atoms with Crippen molar-refractivity contribution in [3.05, 3.63) is 93.5 Å². The fourth-order valence-electron chi connectivity index (χ4n) is 3.06. The van der Waals surface area contributed by atoms with Crippen molar-refractivity contribution in [2.45, 2.75) is 31.2 Å². The van der Waals surface area contributed by atoms with Crippen molar-refractivity contribution in [3.63, 3.8) is 0 Å². The van der Waals surface area contributed by atoms with Gasteiger partial charge in [0.1, 0.15) is 10.9 Å². The number of anilines is 1. The quantitative estimate of drug-likeness (QED) is 0.495. The molecule has 2 N–H and O–H groups in total. The molecule has 0 saturated heterocycles. The van der Waals surface area contributed by atoms with Crippen LogP contribution in [-0.4, -0.2) is 20.4 Å². The molecule has 8 heteroatoms. The van der Waals surface area contributed by atoms with Crippen LogP contribution in [0, 0.1) is 13.8 Å². The van der Waals surface area contributed by atoms with Gasteiger partial charge in [-0.25, -0.2) is 8.42 Å². The number of amides is 1. The number of nitrogens with one attached hydrogen (secondary N) is 2. The third-order valence-corrected chi connectivity index (χ3v) is 6.92. The first-order valence-electron chi connectivity index (χ1n) is 9.55. The standard InChI is InChI=1S/C23H22Cl2N2O3S/c1-15-8-9-16(2)20(12-15)26-23(28)21(13-17-6-4-3-5-7-17)27-31(29,30)22-14-18(24)10-11-19(22)25/h3-12,14,21,27H,13H2,1-2H3,(H,26,28)/t21-/m0/s1. The number of aryl methyl sites for hydroxylation is 2. The minimum Gasteiger partial charge on any atom is -0.324 e. The highest BCUT2D eigenvalue weighted by atomic mass is 35.5. The van der Waals surface area contributed by atoms with E-state index < -0.39 is 22.0 Å². The normalized spacial score (nSPS) is 12.4. The van der Waals surface area contributed by atoms with Crippen LogP contribution in [0.4, 0.5) is 5.69 Å². The maximum atomic E-state index is 13.1. The van der Waals surface area contributed by atoms with Gasteiger partial charge in [-0.3, -0.25) is 4.79 Å². The minimum absolute atomic E-state index is 0.0188. The number of hydrogen-bond donors (Lipinski definition) is 2. The molecule has 0 bridgehead atoms. The van der Waals surface area contributed by atoms with Crippen LogP contribution in [0.5, 0.6) is 0 Å². The molecule has 1 atom stereocenters. The van der Waals surface area contributed by atoms with Crippen LogP contribution >= 0.6 is 23.2 Å². The number of benzene rings is 3. The molecule has 0 fully saturated rings. The molecule has 0 spiro atoms. The van der Waals surface area contributed by atoms with Gasteiger partial charge in [-0.2, -0.15) is 4.72 Å². The Morgan fingerprint density at radius 2 is 1.68 bits per heavy atom. The molecule has 0 saturated carbocycles. The van der Waals surface area contributed by atoms with Gasteiger partial charge in [0.2, 0.25) is 15.9 Å². The third kappa shape index (κ3) is 6.08. The molecule has 0 aliphatic heterocycles. The maximum absolute atomic E-state index is 13.1. The summed E-state index contributed by atoms with van der Waals surface area (Å²) in [6.45, 7) is 3.79. The zero-order valence-corrected chi connectivity index (χ0v) is 19.4. The lowest BCUT2D eigenvalue weighted by Crippen LogP contribution is -2.45. The van der Waals surface area contributed by atoms with Gasteiger partial charge in [-0.15, -0.1) is 0 Å². The van der Waals surface area contributed by atoms with E-state index in [1.54, 1.807) is 0 Å². The van der Waals surface area contributed by atoms with Gasteiger partial charge in [0.15, 0.2) is 0 Å². The molecule has 0 radical (unpaired) electrons. The molecule has 162 valence electrons. The number of hydrogen-bond acceptors (Lipinski definition) is 3. The Labute approximate surface area is 192 Å². The molecule has 0 aliphatic carbocycles. The highest BCUT2D eigenvalue weighted by Gasteiger charge is 2.28. The van der Waals surface area contributed by atoms with Gasteiger partial charge in [0.25, 0.3) is 0 Å². The van der Waals surface area contributed by atoms with Crippen molar-refractivity contribution >= 4 is 44.8 Å². The van der Waals surface area contributed by atoms with Crippen LogP contribution in [0.15, 0.2) is 71.6 Å². The lowest BCUT2D eigenvalue weighted by Gasteiger charge is -2.20. The van der Waals surface area contributed by atoms with Crippen LogP contribution in [-0.2, 0) is 21.2 Å². The summed E-state index contributed by atoms with van der Waals surface area (Å²) in [6.07, 6.45) is 0.162. The van der Waals surface area contributed by atoms with E-state index in [4.69, 9.17) is 23.2 Å². The Morgan fingerprint density at radius 1 is 0.968 bits per heavy atom. The van der Waals surface area contributed by atoms with Crippen molar-refractivity contribution in [1.82, 2.24) is 4.72 Å². The predicted octanol–water partition coefficient (Wildman–Crippen LogP) is 5.14. The number of carbonyl (C=O) groups excluding carboxylic acids is 1. The van der Waals surface area contributed by atoms with E-state index in [-0.39, 0.29) is 21.4 Å². The molecule has 0 heterocycles. The van der Waals surface area contributed by atoms with Crippen molar-refractivity contribution in [2.24, 2.45) is 0 Å². The van der Waals surface area contributed by atoms with Crippen LogP contribution in [0.2, 0.25) is 10.0 Å². The maximum Gasteiger partial charge on any atom is 0.242 e. The van der Waals surface area contributed by atoms with E-state index in [2.05, 4.69) is 10.0 Å². The Morgan fingerprint density at radius 3 is 2.39 bits per heavy atom. The van der Waals surface area contributed by atoms with E-state index in [0.29, 0.717) is 5.69 Å². The minimum atomic E-state index is -4.12. The van der Waals surface area contributed by atoms with Crippen molar-refractivity contribution in [3.8, 4) is 0 Å². The van der Waals surface area contributed by atoms with E-state index in [0.717, 1.165) is 16.7 Å². The van der Waals surface area contributed by atoms with E-state index in [9.17, 15) is 13.2 Å². The number of sulfonamides is 1. The summed E-state index contributed by atoms with van der Waals surface area (Å²) in [5.74, 6) is -0.473. The molecule has 0 unspecified atom stereocenters. The zero-order valence-electron chi connectivity index (χ0n) is 17.0. The van der Waals surface area contributed by atoms with Crippen molar-refractivity contribution in [2.75, 3.05) is 5.32 Å². The SMILES string of the molecule is Cc1ccc(C)c(NC(=O)[C@H](Cc2ccccc2)NS(=O)(=O)c2cc(Cl)ccc2Cl)c1. The lowest BCUT2D eigenvalue weighted by atomic mass is 10.1. The van der Waals surface area contributed by atoms with E-state index in [1.165, 1.54) is 18.2 Å². The highest BCUT2D eigenvalue weighted by Crippen LogP contribution is 2.25. The predicted molar refractivity (Wildman–Crippen MR) is 125 cm³/mol. The Bertz CT molecular complexity index is 1200. The Balaban J connectivity index is 1.93. The van der Waals surface area contributed by atoms with Crippen LogP contribution < -0.4 is 10.0 Å². The van der Waals surface area contributed by atoms with Gasteiger partial charge < -0.3 is 5.32 Å². The topological polar surface area (TPSA) is 75.3 Å². The second-order valence-corrected chi connectivity index (χ2v) is 9.77. The van der Waals surface area contributed by atoms with E-state index in [1.807, 2.05) is 62.4 Å². The number of rotatable bonds is 7. The summed E-state index contributed by atoms with van der Waals surface area (Å²) in [5, 5.41) is 3.09. The van der Waals surface area contributed by atoms with Gasteiger partial charge in [0, 0.05) is 10.7 Å². The average Bonchev–Trinajstić information content (AvgIpc) is 2.72. The Hall–Kier alpha value is -2.38. The second-order valence-electron chi connectivity index (χ2n) is 7.25. The second kappa shape index (κ2) is 9.83. The fraction of sp³-hybridized carbons (Fsp3) is 0.174. The van der Waals surface area contributed by atoms with E-state index >= 15 is 0 Å². The summed E-state index contributed by atoms with van der Waals surface area (Å²) in [4.78, 5) is 13.0. The summed E-state index contributed by atoms with van der Waals surface area (Å²) in [7, 11) is -4.12. The molecule has 5 nitrogen and oxygen atoms in total. The molecular formula is C23H22Cl2N2O3S. The summed E-state index contributed by atoms with van der Waals surface area (Å²) in [5.41, 5.74) is 3.29. The van der Waals surface area contributed by atoms with Gasteiger partial charge >= 0.3 is 0 Å². The summed E-state index contributed by atoms with van der Waals surface area (Å²) < 4.78 is 28.6. The summed E-state index contributed by atoms with van der Waals surface area (Å²) in [6, 6.07) is 17.9. The largest absolute Gasteiger partial charge is 0.324 e. The van der Waals surface area contributed by atoms with Gasteiger partial charge in [-0.1, -0.05) is 65.7 Å². The van der Waals surface area contributed by atoms with Crippen LogP contribution in [0.1, 0.15) is 16.7 Å². The zero-order chi connectivity index (χ0) is 22.6. The number of halogens is 2. The number of carbonyl (C=O) groups is 1. The van der Waals surface area contributed by atoms with Crippen LogP contribution in [0.25, 0.3) is 0 Å². The molecule has 0 aromatic heterocycles. The lowest BCUT2D eigenvalue weighted by molar-refractivity contribution is -0.117. The third-order valence-electron chi connectivity index (χ3n) is 4.73. The average molecular weight is 477 g/mol. The smallest absolute Gasteiger partial charge is 0.242 e. The molecule has 0 aliphatic rings. The van der Waals surface area contributed by atoms with Crippen molar-refractivity contribution < 1.29 is 13.2 Å². The molecule has 3 rings (SSSR count). The van der Waals surface area contributed by atoms with Gasteiger partial charge in [0.05, 0.1) is 5.02 Å². The fourth-order valence-corrected chi connectivity index (χ4v) is 5.02. The molecular weight excluding hydrogens is 455 g/mol. The Kier molecular flexibility index (Phi) is 7.38. The van der Waals surface area contributed by atoms with Crippen molar-refractivity contribution in [1.29, 1.82) is 0 Å². The monoisotopic (exact) mass is 476 g/mol. The molecule has 1 amide bonds. The van der Waals surface area contributed by atoms with Crippen LogP contribution in [0.3, 0.4) is 0 Å². The highest BCUT2D eigenvalue weighted by molar-refractivity contribution is 7.89. The molecule has 31 heavy (non-hydrogen) atoms. The first-order chi connectivity index (χ1) is 14.7. The summed E-state index contributed by atoms with van der Waals surface area (Å²) >= 11 is 12.1. The first-order valence-corrected chi connectivity index (χ1v) is 11.8. The van der Waals surface area contributed by atoms with Gasteiger partial charge in [-0.05, 0) is 61.2 Å². The first kappa shape index (κ1) is 23.3. The molecule has 3 aromatic rings.